The summed E-state index contributed by atoms with van der Waals surface area (Å²) >= 11 is 0. The van der Waals surface area contributed by atoms with E-state index in [1.54, 1.807) is 38.1 Å². The van der Waals surface area contributed by atoms with Crippen LogP contribution in [0.4, 0.5) is 18.9 Å². The fourth-order valence-electron chi connectivity index (χ4n) is 4.18. The number of carbonyl (C=O) groups is 2. The summed E-state index contributed by atoms with van der Waals surface area (Å²) in [5.74, 6) is -2.13. The Balaban J connectivity index is 1.87. The number of carbonyl (C=O) groups excluding carboxylic acids is 2. The number of ether oxygens (including phenoxy) is 2. The van der Waals surface area contributed by atoms with E-state index in [4.69, 9.17) is 4.74 Å². The minimum absolute atomic E-state index is 0.148. The number of nitrogens with zero attached hydrogens (tertiary/aromatic N) is 2. The Morgan fingerprint density at radius 3 is 2.22 bits per heavy atom. The van der Waals surface area contributed by atoms with Crippen LogP contribution >= 0.6 is 0 Å². The lowest BCUT2D eigenvalue weighted by Crippen LogP contribution is -2.29. The molecule has 36 heavy (non-hydrogen) atoms. The van der Waals surface area contributed by atoms with E-state index in [0.29, 0.717) is 28.0 Å². The molecule has 1 aliphatic heterocycles. The average Bonchev–Trinajstić information content (AvgIpc) is 3.10. The SMILES string of the molecule is COc1cc(C)c(/C(O)=C2\C(=O)C(=O)N(c3ccc(OC(F)(F)F)cc3)C2c2ccncc2)cc1C. The van der Waals surface area contributed by atoms with E-state index >= 15 is 0 Å². The molecule has 2 aromatic carbocycles. The summed E-state index contributed by atoms with van der Waals surface area (Å²) in [6.07, 6.45) is -1.94. The largest absolute Gasteiger partial charge is 0.573 e. The molecule has 1 aromatic heterocycles. The number of pyridine rings is 1. The van der Waals surface area contributed by atoms with Gasteiger partial charge in [-0.05, 0) is 79.1 Å². The molecule has 1 unspecified atom stereocenters. The number of Topliss-reactive ketones (excluding diaryl/α,β-unsaturated/α-hetero) is 1. The molecule has 0 bridgehead atoms. The Kier molecular flexibility index (Phi) is 6.45. The highest BCUT2D eigenvalue weighted by atomic mass is 19.4. The number of benzene rings is 2. The molecule has 0 saturated carbocycles. The van der Waals surface area contributed by atoms with Gasteiger partial charge in [-0.2, -0.15) is 0 Å². The van der Waals surface area contributed by atoms with E-state index in [2.05, 4.69) is 9.72 Å². The van der Waals surface area contributed by atoms with Crippen molar-refractivity contribution in [1.29, 1.82) is 0 Å². The second-order valence-corrected chi connectivity index (χ2v) is 8.13. The third kappa shape index (κ3) is 4.61. The van der Waals surface area contributed by atoms with Crippen molar-refractivity contribution in [2.75, 3.05) is 12.0 Å². The number of aliphatic hydroxyl groups is 1. The van der Waals surface area contributed by atoms with Crippen molar-refractivity contribution < 1.29 is 37.3 Å². The maximum absolute atomic E-state index is 13.2. The zero-order valence-electron chi connectivity index (χ0n) is 19.5. The van der Waals surface area contributed by atoms with Gasteiger partial charge in [0.05, 0.1) is 18.7 Å². The summed E-state index contributed by atoms with van der Waals surface area (Å²) in [5, 5.41) is 11.3. The van der Waals surface area contributed by atoms with Crippen LogP contribution in [0, 0.1) is 13.8 Å². The highest BCUT2D eigenvalue weighted by molar-refractivity contribution is 6.51. The van der Waals surface area contributed by atoms with Crippen molar-refractivity contribution >= 4 is 23.1 Å². The molecule has 0 aliphatic carbocycles. The first-order valence-corrected chi connectivity index (χ1v) is 10.7. The van der Waals surface area contributed by atoms with E-state index in [9.17, 15) is 27.9 Å². The van der Waals surface area contributed by atoms with Crippen molar-refractivity contribution in [2.24, 2.45) is 0 Å². The topological polar surface area (TPSA) is 89.0 Å². The van der Waals surface area contributed by atoms with Crippen molar-refractivity contribution in [1.82, 2.24) is 4.98 Å². The predicted octanol–water partition coefficient (Wildman–Crippen LogP) is 5.23. The van der Waals surface area contributed by atoms with Crippen LogP contribution in [-0.2, 0) is 9.59 Å². The number of anilines is 1. The monoisotopic (exact) mass is 498 g/mol. The first-order valence-electron chi connectivity index (χ1n) is 10.7. The molecule has 1 N–H and O–H groups in total. The molecule has 7 nitrogen and oxygen atoms in total. The number of ketones is 1. The molecule has 2 heterocycles. The van der Waals surface area contributed by atoms with E-state index in [0.717, 1.165) is 17.0 Å². The number of methoxy groups -OCH3 is 1. The number of amides is 1. The first-order chi connectivity index (χ1) is 17.0. The van der Waals surface area contributed by atoms with Gasteiger partial charge in [0.2, 0.25) is 0 Å². The normalized spacial score (nSPS) is 17.4. The van der Waals surface area contributed by atoms with Crippen LogP contribution in [-0.4, -0.2) is 35.3 Å². The van der Waals surface area contributed by atoms with Gasteiger partial charge in [-0.15, -0.1) is 13.2 Å². The number of halogens is 3. The van der Waals surface area contributed by atoms with E-state index in [1.165, 1.54) is 31.6 Å². The molecule has 1 saturated heterocycles. The number of rotatable bonds is 5. The van der Waals surface area contributed by atoms with Crippen molar-refractivity contribution in [3.8, 4) is 11.5 Å². The van der Waals surface area contributed by atoms with Crippen LogP contribution in [0.3, 0.4) is 0 Å². The number of aromatic nitrogens is 1. The fourth-order valence-corrected chi connectivity index (χ4v) is 4.18. The van der Waals surface area contributed by atoms with Gasteiger partial charge in [0, 0.05) is 23.6 Å². The number of alkyl halides is 3. The number of aryl methyl sites for hydroxylation is 2. The van der Waals surface area contributed by atoms with Gasteiger partial charge in [-0.3, -0.25) is 19.5 Å². The summed E-state index contributed by atoms with van der Waals surface area (Å²) in [5.41, 5.74) is 2.14. The van der Waals surface area contributed by atoms with Crippen LogP contribution in [0.5, 0.6) is 11.5 Å². The summed E-state index contributed by atoms with van der Waals surface area (Å²) < 4.78 is 46.9. The predicted molar refractivity (Wildman–Crippen MR) is 125 cm³/mol. The zero-order valence-corrected chi connectivity index (χ0v) is 19.5. The molecule has 1 atom stereocenters. The average molecular weight is 498 g/mol. The summed E-state index contributed by atoms with van der Waals surface area (Å²) in [6.45, 7) is 3.51. The maximum Gasteiger partial charge on any atom is 0.573 e. The summed E-state index contributed by atoms with van der Waals surface area (Å²) in [7, 11) is 1.52. The lowest BCUT2D eigenvalue weighted by atomic mass is 9.93. The van der Waals surface area contributed by atoms with Crippen LogP contribution in [0.15, 0.2) is 66.5 Å². The number of aliphatic hydroxyl groups excluding tert-OH is 1. The lowest BCUT2D eigenvalue weighted by molar-refractivity contribution is -0.274. The van der Waals surface area contributed by atoms with Crippen molar-refractivity contribution in [3.63, 3.8) is 0 Å². The van der Waals surface area contributed by atoms with Gasteiger partial charge in [-0.1, -0.05) is 0 Å². The lowest BCUT2D eigenvalue weighted by Gasteiger charge is -2.25. The van der Waals surface area contributed by atoms with Crippen LogP contribution < -0.4 is 14.4 Å². The van der Waals surface area contributed by atoms with Gasteiger partial charge in [0.25, 0.3) is 11.7 Å². The minimum atomic E-state index is -4.88. The van der Waals surface area contributed by atoms with E-state index in [-0.39, 0.29) is 17.0 Å². The molecular formula is C26H21F3N2O5. The Bertz CT molecular complexity index is 1350. The van der Waals surface area contributed by atoms with Gasteiger partial charge >= 0.3 is 6.36 Å². The van der Waals surface area contributed by atoms with Gasteiger partial charge in [-0.25, -0.2) is 0 Å². The molecule has 4 rings (SSSR count). The molecule has 3 aromatic rings. The fraction of sp³-hybridized carbons (Fsp3) is 0.192. The zero-order chi connectivity index (χ0) is 26.2. The number of hydrogen-bond donors (Lipinski definition) is 1. The smallest absolute Gasteiger partial charge is 0.507 e. The van der Waals surface area contributed by atoms with E-state index < -0.39 is 29.8 Å². The highest BCUT2D eigenvalue weighted by Crippen LogP contribution is 2.43. The van der Waals surface area contributed by atoms with Gasteiger partial charge in [0.1, 0.15) is 17.3 Å². The highest BCUT2D eigenvalue weighted by Gasteiger charge is 2.47. The number of hydrogen-bond acceptors (Lipinski definition) is 6. The Morgan fingerprint density at radius 1 is 1.00 bits per heavy atom. The van der Waals surface area contributed by atoms with Crippen LogP contribution in [0.2, 0.25) is 0 Å². The van der Waals surface area contributed by atoms with Crippen molar-refractivity contribution in [3.05, 3.63) is 88.8 Å². The molecule has 1 aliphatic rings. The standard InChI is InChI=1S/C26H21F3N2O5/c1-14-13-20(35-3)15(2)12-19(14)23(32)21-22(16-8-10-30-11-9-16)31(25(34)24(21)33)17-4-6-18(7-5-17)36-26(27,28)29/h4-13,22,32H,1-3H3/b23-21+. The first kappa shape index (κ1) is 24.8. The minimum Gasteiger partial charge on any atom is -0.507 e. The van der Waals surface area contributed by atoms with Crippen LogP contribution in [0.1, 0.15) is 28.3 Å². The third-order valence-electron chi connectivity index (χ3n) is 5.81. The second-order valence-electron chi connectivity index (χ2n) is 8.13. The Labute approximate surface area is 204 Å². The van der Waals surface area contributed by atoms with Gasteiger partial charge < -0.3 is 14.6 Å². The summed E-state index contributed by atoms with van der Waals surface area (Å²) in [6, 6.07) is 10.1. The molecule has 1 amide bonds. The van der Waals surface area contributed by atoms with Crippen molar-refractivity contribution in [2.45, 2.75) is 26.3 Å². The third-order valence-corrected chi connectivity index (χ3v) is 5.81. The van der Waals surface area contributed by atoms with Gasteiger partial charge in [0.15, 0.2) is 0 Å². The molecule has 186 valence electrons. The molecular weight excluding hydrogens is 477 g/mol. The summed E-state index contributed by atoms with van der Waals surface area (Å²) in [4.78, 5) is 31.5. The molecule has 0 spiro atoms. The Hall–Kier alpha value is -4.34. The second kappa shape index (κ2) is 9.37. The molecule has 10 heteroatoms. The molecule has 0 radical (unpaired) electrons. The Morgan fingerprint density at radius 2 is 1.64 bits per heavy atom. The quantitative estimate of drug-likeness (QED) is 0.294. The molecule has 1 fully saturated rings. The van der Waals surface area contributed by atoms with E-state index in [1.807, 2.05) is 0 Å². The van der Waals surface area contributed by atoms with Crippen LogP contribution in [0.25, 0.3) is 5.76 Å². The maximum atomic E-state index is 13.2.